The Labute approximate surface area is 220 Å². The molecule has 2 saturated heterocycles. The average Bonchev–Trinajstić information content (AvgIpc) is 3.31. The molecule has 3 amide bonds. The van der Waals surface area contributed by atoms with E-state index in [1.807, 2.05) is 31.2 Å². The number of pyridine rings is 1. The van der Waals surface area contributed by atoms with Crippen molar-refractivity contribution >= 4 is 17.7 Å². The number of hydrogen-bond donors (Lipinski definition) is 1. The Morgan fingerprint density at radius 1 is 1.00 bits per heavy atom. The molecule has 1 N–H and O–H groups in total. The Bertz CT molecular complexity index is 1320. The number of benzene rings is 2. The molecule has 2 aromatic carbocycles. The van der Waals surface area contributed by atoms with E-state index < -0.39 is 17.6 Å². The van der Waals surface area contributed by atoms with Gasteiger partial charge in [0.15, 0.2) is 0 Å². The van der Waals surface area contributed by atoms with Gasteiger partial charge in [0.1, 0.15) is 17.6 Å². The van der Waals surface area contributed by atoms with Crippen LogP contribution in [0.5, 0.6) is 0 Å². The van der Waals surface area contributed by atoms with Crippen molar-refractivity contribution in [3.8, 4) is 0 Å². The van der Waals surface area contributed by atoms with Gasteiger partial charge in [0.05, 0.1) is 18.8 Å². The number of aryl methyl sites for hydroxylation is 1. The number of piperidine rings is 1. The molecular weight excluding hydrogens is 487 g/mol. The second-order valence-electron chi connectivity index (χ2n) is 9.60. The topological polar surface area (TPSA) is 91.8 Å². The predicted octanol–water partition coefficient (Wildman–Crippen LogP) is 3.32. The molecule has 0 radical (unpaired) electrons. The number of likely N-dealkylation sites (tertiary alicyclic amines) is 1. The van der Waals surface area contributed by atoms with Gasteiger partial charge in [-0.2, -0.15) is 0 Å². The molecule has 1 atom stereocenters. The first-order valence-electron chi connectivity index (χ1n) is 12.6. The number of aromatic nitrogens is 1. The molecule has 1 aromatic heterocycles. The number of nitrogens with one attached hydrogen (secondary N) is 1. The van der Waals surface area contributed by atoms with Crippen molar-refractivity contribution in [3.63, 3.8) is 0 Å². The minimum absolute atomic E-state index is 0.0532. The summed E-state index contributed by atoms with van der Waals surface area (Å²) >= 11 is 0. The van der Waals surface area contributed by atoms with Crippen LogP contribution < -0.4 is 5.32 Å². The average molecular weight is 517 g/mol. The van der Waals surface area contributed by atoms with E-state index in [2.05, 4.69) is 10.3 Å². The SMILES string of the molecule is Cc1ccccc1C(=O)N1[C@@H](C(=O)NCc2ccccn2)COC12CCN(C(=O)c1ccc(F)cc1)CC2. The third kappa shape index (κ3) is 5.02. The molecule has 2 fully saturated rings. The van der Waals surface area contributed by atoms with Crippen LogP contribution in [-0.2, 0) is 16.1 Å². The summed E-state index contributed by atoms with van der Waals surface area (Å²) in [6, 6.07) is 17.3. The van der Waals surface area contributed by atoms with Crippen LogP contribution >= 0.6 is 0 Å². The predicted molar refractivity (Wildman–Crippen MR) is 137 cm³/mol. The number of amides is 3. The van der Waals surface area contributed by atoms with E-state index in [4.69, 9.17) is 4.74 Å². The van der Waals surface area contributed by atoms with Crippen LogP contribution in [0.15, 0.2) is 72.9 Å². The number of nitrogens with zero attached hydrogens (tertiary/aromatic N) is 3. The summed E-state index contributed by atoms with van der Waals surface area (Å²) in [6.45, 7) is 2.80. The summed E-state index contributed by atoms with van der Waals surface area (Å²) in [6.07, 6.45) is 2.35. The number of carbonyl (C=O) groups is 3. The first kappa shape index (κ1) is 25.5. The minimum atomic E-state index is -1.02. The van der Waals surface area contributed by atoms with Gasteiger partial charge in [0.25, 0.3) is 11.8 Å². The molecule has 3 heterocycles. The highest BCUT2D eigenvalue weighted by Gasteiger charge is 2.54. The highest BCUT2D eigenvalue weighted by Crippen LogP contribution is 2.39. The van der Waals surface area contributed by atoms with Crippen molar-refractivity contribution in [2.24, 2.45) is 0 Å². The van der Waals surface area contributed by atoms with E-state index >= 15 is 0 Å². The van der Waals surface area contributed by atoms with Crippen molar-refractivity contribution in [2.45, 2.75) is 38.1 Å². The lowest BCUT2D eigenvalue weighted by Gasteiger charge is -2.44. The van der Waals surface area contributed by atoms with Gasteiger partial charge in [-0.1, -0.05) is 24.3 Å². The molecule has 9 heteroatoms. The number of carbonyl (C=O) groups excluding carboxylic acids is 3. The van der Waals surface area contributed by atoms with Crippen LogP contribution in [0.3, 0.4) is 0 Å². The fraction of sp³-hybridized carbons (Fsp3) is 0.310. The van der Waals surface area contributed by atoms with Gasteiger partial charge >= 0.3 is 0 Å². The molecule has 1 spiro atoms. The van der Waals surface area contributed by atoms with Crippen LogP contribution in [0.2, 0.25) is 0 Å². The molecule has 2 aliphatic heterocycles. The van der Waals surface area contributed by atoms with Crippen molar-refractivity contribution in [1.29, 1.82) is 0 Å². The standard InChI is InChI=1S/C29H29FN4O4/c1-20-6-2-3-8-24(20)28(37)34-25(26(35)32-18-23-7-4-5-15-31-23)19-38-29(34)13-16-33(17-14-29)27(36)21-9-11-22(30)12-10-21/h2-12,15,25H,13-14,16-19H2,1H3,(H,32,35)/t25-/m1/s1. The van der Waals surface area contributed by atoms with Crippen LogP contribution in [0, 0.1) is 12.7 Å². The molecular formula is C29H29FN4O4. The maximum absolute atomic E-state index is 13.9. The Morgan fingerprint density at radius 3 is 2.39 bits per heavy atom. The Kier molecular flexibility index (Phi) is 7.20. The van der Waals surface area contributed by atoms with Gasteiger partial charge in [-0.15, -0.1) is 0 Å². The van der Waals surface area contributed by atoms with E-state index in [0.717, 1.165) is 5.56 Å². The Morgan fingerprint density at radius 2 is 1.71 bits per heavy atom. The lowest BCUT2D eigenvalue weighted by Crippen LogP contribution is -2.59. The lowest BCUT2D eigenvalue weighted by atomic mass is 9.95. The monoisotopic (exact) mass is 516 g/mol. The molecule has 38 heavy (non-hydrogen) atoms. The lowest BCUT2D eigenvalue weighted by molar-refractivity contribution is -0.128. The van der Waals surface area contributed by atoms with Gasteiger partial charge in [-0.3, -0.25) is 24.3 Å². The number of halogens is 1. The number of hydrogen-bond acceptors (Lipinski definition) is 5. The third-order valence-corrected chi connectivity index (χ3v) is 7.25. The summed E-state index contributed by atoms with van der Waals surface area (Å²) in [7, 11) is 0. The van der Waals surface area contributed by atoms with Crippen molar-refractivity contribution < 1.29 is 23.5 Å². The second kappa shape index (κ2) is 10.7. The van der Waals surface area contributed by atoms with Crippen molar-refractivity contribution in [2.75, 3.05) is 19.7 Å². The summed E-state index contributed by atoms with van der Waals surface area (Å²) in [5.74, 6) is -1.22. The third-order valence-electron chi connectivity index (χ3n) is 7.25. The molecule has 0 aliphatic carbocycles. The van der Waals surface area contributed by atoms with Gasteiger partial charge < -0.3 is 15.0 Å². The van der Waals surface area contributed by atoms with E-state index in [0.29, 0.717) is 42.8 Å². The largest absolute Gasteiger partial charge is 0.353 e. The maximum Gasteiger partial charge on any atom is 0.257 e. The van der Waals surface area contributed by atoms with Gasteiger partial charge in [-0.25, -0.2) is 4.39 Å². The fourth-order valence-corrected chi connectivity index (χ4v) is 5.14. The Hall–Kier alpha value is -4.11. The van der Waals surface area contributed by atoms with Crippen molar-refractivity contribution in [3.05, 3.63) is 101 Å². The first-order valence-corrected chi connectivity index (χ1v) is 12.6. The zero-order valence-corrected chi connectivity index (χ0v) is 21.1. The fourth-order valence-electron chi connectivity index (χ4n) is 5.14. The molecule has 196 valence electrons. The van der Waals surface area contributed by atoms with Crippen LogP contribution in [0.1, 0.15) is 44.8 Å². The number of rotatable bonds is 5. The normalized spacial score (nSPS) is 18.4. The zero-order valence-electron chi connectivity index (χ0n) is 21.1. The molecule has 0 bridgehead atoms. The molecule has 0 unspecified atom stereocenters. The summed E-state index contributed by atoms with van der Waals surface area (Å²) in [5.41, 5.74) is 1.39. The van der Waals surface area contributed by atoms with Gasteiger partial charge in [0.2, 0.25) is 5.91 Å². The molecule has 2 aliphatic rings. The first-order chi connectivity index (χ1) is 18.4. The van der Waals surface area contributed by atoms with E-state index in [9.17, 15) is 18.8 Å². The maximum atomic E-state index is 13.9. The van der Waals surface area contributed by atoms with E-state index in [-0.39, 0.29) is 30.9 Å². The minimum Gasteiger partial charge on any atom is -0.353 e. The molecule has 0 saturated carbocycles. The summed E-state index contributed by atoms with van der Waals surface area (Å²) in [4.78, 5) is 47.8. The Balaban J connectivity index is 1.37. The summed E-state index contributed by atoms with van der Waals surface area (Å²) in [5, 5.41) is 2.90. The highest BCUT2D eigenvalue weighted by atomic mass is 19.1. The van der Waals surface area contributed by atoms with E-state index in [1.54, 1.807) is 34.2 Å². The van der Waals surface area contributed by atoms with Gasteiger partial charge in [-0.05, 0) is 55.0 Å². The van der Waals surface area contributed by atoms with Crippen LogP contribution in [0.25, 0.3) is 0 Å². The summed E-state index contributed by atoms with van der Waals surface area (Å²) < 4.78 is 19.6. The second-order valence-corrected chi connectivity index (χ2v) is 9.60. The van der Waals surface area contributed by atoms with Gasteiger partial charge in [0, 0.05) is 43.3 Å². The molecule has 5 rings (SSSR count). The van der Waals surface area contributed by atoms with Crippen LogP contribution in [-0.4, -0.2) is 64.0 Å². The quantitative estimate of drug-likeness (QED) is 0.562. The molecule has 3 aromatic rings. The van der Waals surface area contributed by atoms with Crippen molar-refractivity contribution in [1.82, 2.24) is 20.1 Å². The van der Waals surface area contributed by atoms with Crippen LogP contribution in [0.4, 0.5) is 4.39 Å². The van der Waals surface area contributed by atoms with E-state index in [1.165, 1.54) is 24.3 Å². The number of ether oxygens (including phenoxy) is 1. The highest BCUT2D eigenvalue weighted by molar-refractivity contribution is 5.99. The molecule has 8 nitrogen and oxygen atoms in total. The zero-order chi connectivity index (χ0) is 26.7. The smallest absolute Gasteiger partial charge is 0.257 e.